The summed E-state index contributed by atoms with van der Waals surface area (Å²) in [5, 5.41) is 12.8. The summed E-state index contributed by atoms with van der Waals surface area (Å²) in [4.78, 5) is 24.0. The van der Waals surface area contributed by atoms with E-state index in [0.717, 1.165) is 16.7 Å². The molecule has 0 unspecified atom stereocenters. The van der Waals surface area contributed by atoms with Crippen LogP contribution in [0.4, 0.5) is 11.5 Å². The monoisotopic (exact) mass is 475 g/mol. The van der Waals surface area contributed by atoms with E-state index in [9.17, 15) is 4.79 Å². The van der Waals surface area contributed by atoms with Gasteiger partial charge < -0.3 is 24.1 Å². The van der Waals surface area contributed by atoms with Crippen LogP contribution in [0.2, 0.25) is 5.02 Å². The van der Waals surface area contributed by atoms with Crippen LogP contribution >= 0.6 is 11.6 Å². The number of aromatic nitrogens is 4. The van der Waals surface area contributed by atoms with Crippen molar-refractivity contribution in [1.82, 2.24) is 19.5 Å². The fourth-order valence-corrected chi connectivity index (χ4v) is 3.70. The topological polar surface area (TPSA) is 115 Å². The van der Waals surface area contributed by atoms with E-state index < -0.39 is 5.97 Å². The van der Waals surface area contributed by atoms with Gasteiger partial charge in [-0.15, -0.1) is 0 Å². The Morgan fingerprint density at radius 1 is 1.12 bits per heavy atom. The molecule has 0 amide bonds. The number of anilines is 2. The second-order valence-corrected chi connectivity index (χ2v) is 7.76. The first-order valence-electron chi connectivity index (χ1n) is 10.3. The third-order valence-electron chi connectivity index (χ3n) is 5.05. The lowest BCUT2D eigenvalue weighted by atomic mass is 10.3. The van der Waals surface area contributed by atoms with E-state index >= 15 is 0 Å². The van der Waals surface area contributed by atoms with Gasteiger partial charge in [0.1, 0.15) is 30.0 Å². The highest BCUT2D eigenvalue weighted by atomic mass is 35.5. The highest BCUT2D eigenvalue weighted by Crippen LogP contribution is 2.31. The maximum absolute atomic E-state index is 11.1. The molecule has 0 saturated heterocycles. The lowest BCUT2D eigenvalue weighted by molar-refractivity contribution is 0.0660. The van der Waals surface area contributed by atoms with Gasteiger partial charge in [0.2, 0.25) is 5.76 Å². The van der Waals surface area contributed by atoms with Crippen molar-refractivity contribution in [1.29, 1.82) is 0 Å². The van der Waals surface area contributed by atoms with Crippen LogP contribution in [0.15, 0.2) is 77.7 Å². The van der Waals surface area contributed by atoms with Crippen LogP contribution in [0.3, 0.4) is 0 Å². The predicted molar refractivity (Wildman–Crippen MR) is 126 cm³/mol. The van der Waals surface area contributed by atoms with E-state index in [1.807, 2.05) is 41.1 Å². The molecule has 1 aromatic carbocycles. The van der Waals surface area contributed by atoms with Crippen molar-refractivity contribution in [3.63, 3.8) is 0 Å². The fourth-order valence-electron chi connectivity index (χ4n) is 3.47. The number of rotatable bonds is 8. The summed E-state index contributed by atoms with van der Waals surface area (Å²) in [6, 6.07) is 15.9. The Morgan fingerprint density at radius 3 is 2.79 bits per heavy atom. The molecule has 0 spiro atoms. The summed E-state index contributed by atoms with van der Waals surface area (Å²) >= 11 is 6.44. The van der Waals surface area contributed by atoms with Gasteiger partial charge in [-0.1, -0.05) is 17.7 Å². The van der Waals surface area contributed by atoms with Crippen LogP contribution in [-0.4, -0.2) is 30.6 Å². The van der Waals surface area contributed by atoms with Crippen LogP contribution < -0.4 is 10.1 Å². The quantitative estimate of drug-likeness (QED) is 0.317. The second-order valence-electron chi connectivity index (χ2n) is 7.35. The van der Waals surface area contributed by atoms with Crippen molar-refractivity contribution in [2.75, 3.05) is 5.32 Å². The van der Waals surface area contributed by atoms with Crippen LogP contribution in [0.5, 0.6) is 5.75 Å². The number of carboxylic acids is 1. The first kappa shape index (κ1) is 21.5. The zero-order valence-corrected chi connectivity index (χ0v) is 18.4. The van der Waals surface area contributed by atoms with Gasteiger partial charge in [-0.05, 0) is 48.5 Å². The Bertz CT molecular complexity index is 1470. The number of fused-ring (bicyclic) bond motifs is 1. The minimum absolute atomic E-state index is 0.110. The van der Waals surface area contributed by atoms with Crippen molar-refractivity contribution in [3.05, 3.63) is 95.6 Å². The first-order chi connectivity index (χ1) is 16.6. The van der Waals surface area contributed by atoms with Crippen molar-refractivity contribution in [2.45, 2.75) is 13.2 Å². The van der Waals surface area contributed by atoms with Crippen molar-refractivity contribution in [2.24, 2.45) is 0 Å². The summed E-state index contributed by atoms with van der Waals surface area (Å²) in [7, 11) is 0. The molecule has 0 aliphatic heterocycles. The predicted octanol–water partition coefficient (Wildman–Crippen LogP) is 5.14. The number of carbonyl (C=O) groups is 1. The van der Waals surface area contributed by atoms with Crippen molar-refractivity contribution >= 4 is 40.1 Å². The van der Waals surface area contributed by atoms with E-state index in [0.29, 0.717) is 41.2 Å². The van der Waals surface area contributed by atoms with Crippen LogP contribution in [-0.2, 0) is 13.2 Å². The molecule has 9 nitrogen and oxygen atoms in total. The highest BCUT2D eigenvalue weighted by Gasteiger charge is 2.14. The summed E-state index contributed by atoms with van der Waals surface area (Å²) in [5.74, 6) is 0.390. The average molecular weight is 476 g/mol. The first-order valence-corrected chi connectivity index (χ1v) is 10.7. The minimum atomic E-state index is -1.11. The van der Waals surface area contributed by atoms with Gasteiger partial charge in [0.05, 0.1) is 22.8 Å². The molecule has 4 heterocycles. The molecule has 0 bridgehead atoms. The van der Waals surface area contributed by atoms with Crippen LogP contribution in [0.25, 0.3) is 11.0 Å². The normalized spacial score (nSPS) is 11.0. The summed E-state index contributed by atoms with van der Waals surface area (Å²) in [6.45, 7) is 0.629. The number of halogens is 1. The lowest BCUT2D eigenvalue weighted by Crippen LogP contribution is -2.03. The van der Waals surface area contributed by atoms with Gasteiger partial charge in [0.25, 0.3) is 0 Å². The number of hydrogen-bond donors (Lipinski definition) is 2. The number of nitrogens with one attached hydrogen (secondary N) is 1. The SMILES string of the molecule is O=C(O)c1ccc(Cn2ccc3ncnc(Nc4ccc(OCc5ccccn5)c(Cl)c4)c32)o1. The van der Waals surface area contributed by atoms with Crippen LogP contribution in [0, 0.1) is 0 Å². The molecule has 0 aliphatic carbocycles. The standard InChI is InChI=1S/C24H18ClN5O4/c25-18-11-15(4-6-20(18)33-13-16-3-1-2-9-26-16)29-23-22-19(27-14-28-23)8-10-30(22)12-17-5-7-21(34-17)24(31)32/h1-11,14H,12-13H2,(H,31,32)(H,27,28,29). The molecular formula is C24H18ClN5O4. The maximum Gasteiger partial charge on any atom is 0.371 e. The molecule has 0 aliphatic rings. The third kappa shape index (κ3) is 4.55. The summed E-state index contributed by atoms with van der Waals surface area (Å²) < 4.78 is 13.1. The Balaban J connectivity index is 1.36. The molecule has 5 rings (SSSR count). The van der Waals surface area contributed by atoms with Crippen molar-refractivity contribution in [3.8, 4) is 5.75 Å². The molecule has 10 heteroatoms. The number of benzene rings is 1. The number of ether oxygens (including phenoxy) is 1. The van der Waals surface area contributed by atoms with E-state index in [4.69, 9.17) is 25.9 Å². The molecule has 170 valence electrons. The Kier molecular flexibility index (Phi) is 5.84. The Labute approximate surface area is 198 Å². The highest BCUT2D eigenvalue weighted by molar-refractivity contribution is 6.32. The van der Waals surface area contributed by atoms with E-state index in [2.05, 4.69) is 20.3 Å². The zero-order chi connectivity index (χ0) is 23.5. The molecule has 0 saturated carbocycles. The number of furan rings is 1. The molecule has 0 fully saturated rings. The molecule has 4 aromatic heterocycles. The molecule has 0 radical (unpaired) electrons. The number of pyridine rings is 1. The van der Waals surface area contributed by atoms with Crippen LogP contribution in [0.1, 0.15) is 22.0 Å². The molecule has 2 N–H and O–H groups in total. The molecular weight excluding hydrogens is 458 g/mol. The van der Waals surface area contributed by atoms with Gasteiger partial charge in [-0.25, -0.2) is 14.8 Å². The molecule has 34 heavy (non-hydrogen) atoms. The summed E-state index contributed by atoms with van der Waals surface area (Å²) in [5.41, 5.74) is 2.98. The average Bonchev–Trinajstić information content (AvgIpc) is 3.48. The Morgan fingerprint density at radius 2 is 2.03 bits per heavy atom. The van der Waals surface area contributed by atoms with Gasteiger partial charge >= 0.3 is 5.97 Å². The maximum atomic E-state index is 11.1. The lowest BCUT2D eigenvalue weighted by Gasteiger charge is -2.12. The Hall–Kier alpha value is -4.37. The van der Waals surface area contributed by atoms with Gasteiger partial charge in [-0.3, -0.25) is 4.98 Å². The summed E-state index contributed by atoms with van der Waals surface area (Å²) in [6.07, 6.45) is 5.02. The minimum Gasteiger partial charge on any atom is -0.486 e. The van der Waals surface area contributed by atoms with Gasteiger partial charge in [-0.2, -0.15) is 0 Å². The van der Waals surface area contributed by atoms with Gasteiger partial charge in [0, 0.05) is 18.1 Å². The molecule has 0 atom stereocenters. The number of carboxylic acid groups (broad SMARTS) is 1. The second kappa shape index (κ2) is 9.24. The number of aromatic carboxylic acids is 1. The number of nitrogens with zero attached hydrogens (tertiary/aromatic N) is 4. The van der Waals surface area contributed by atoms with E-state index in [1.54, 1.807) is 24.4 Å². The van der Waals surface area contributed by atoms with E-state index in [1.165, 1.54) is 12.4 Å². The third-order valence-corrected chi connectivity index (χ3v) is 5.34. The van der Waals surface area contributed by atoms with Gasteiger partial charge in [0.15, 0.2) is 5.82 Å². The number of hydrogen-bond acceptors (Lipinski definition) is 7. The van der Waals surface area contributed by atoms with Crippen molar-refractivity contribution < 1.29 is 19.1 Å². The largest absolute Gasteiger partial charge is 0.486 e. The fraction of sp³-hybridized carbons (Fsp3) is 0.0833. The van der Waals surface area contributed by atoms with E-state index in [-0.39, 0.29) is 5.76 Å². The zero-order valence-electron chi connectivity index (χ0n) is 17.7. The smallest absolute Gasteiger partial charge is 0.371 e. The molecule has 5 aromatic rings.